The van der Waals surface area contributed by atoms with E-state index in [0.29, 0.717) is 6.54 Å². The third kappa shape index (κ3) is 2.22. The van der Waals surface area contributed by atoms with Crippen LogP contribution < -0.4 is 4.90 Å². The second-order valence-electron chi connectivity index (χ2n) is 6.60. The Hall–Kier alpha value is -2.83. The Balaban J connectivity index is 1.69. The lowest BCUT2D eigenvalue weighted by molar-refractivity contribution is -0.136. The molecule has 2 saturated heterocycles. The molecule has 0 N–H and O–H groups in total. The molecule has 3 amide bonds. The van der Waals surface area contributed by atoms with Gasteiger partial charge in [0.1, 0.15) is 0 Å². The number of hydrogen-bond donors (Lipinski definition) is 0. The number of aryl methyl sites for hydroxylation is 1. The van der Waals surface area contributed by atoms with Gasteiger partial charge in [0.05, 0.1) is 0 Å². The first-order chi connectivity index (χ1) is 12.0. The topological polar surface area (TPSA) is 59.5 Å². The van der Waals surface area contributed by atoms with Crippen LogP contribution >= 0.6 is 0 Å². The van der Waals surface area contributed by atoms with Crippen LogP contribution in [0.2, 0.25) is 0 Å². The standard InChI is InChI=1S/C18H21N5O2/c1-4-8-23-16(24)14-15(20(3)18(23)25)19-17-21(9-10-22(14)17)13-7-5-6-12(2)11-13/h4-7,11,14-15H,1,8-10H2,2-3H3. The van der Waals surface area contributed by atoms with E-state index in [2.05, 4.69) is 30.5 Å². The van der Waals surface area contributed by atoms with E-state index in [1.807, 2.05) is 17.0 Å². The number of aliphatic imine (C=N–C) groups is 1. The molecule has 4 rings (SSSR count). The van der Waals surface area contributed by atoms with Gasteiger partial charge in [-0.05, 0) is 24.6 Å². The predicted molar refractivity (Wildman–Crippen MR) is 95.3 cm³/mol. The highest BCUT2D eigenvalue weighted by molar-refractivity contribution is 6.08. The number of urea groups is 1. The first kappa shape index (κ1) is 15.7. The van der Waals surface area contributed by atoms with Gasteiger partial charge in [-0.1, -0.05) is 18.2 Å². The first-order valence-electron chi connectivity index (χ1n) is 8.40. The summed E-state index contributed by atoms with van der Waals surface area (Å²) in [6.45, 7) is 7.40. The minimum Gasteiger partial charge on any atom is -0.325 e. The average Bonchev–Trinajstić information content (AvgIpc) is 3.16. The number of hydrogen-bond acceptors (Lipinski definition) is 5. The number of fused-ring (bicyclic) bond motifs is 3. The summed E-state index contributed by atoms with van der Waals surface area (Å²) >= 11 is 0. The SMILES string of the molecule is C=CCN1C(=O)C2C(N=C3N(c4cccc(C)c4)CCN32)N(C)C1=O. The molecule has 0 radical (unpaired) electrons. The van der Waals surface area contributed by atoms with Crippen molar-refractivity contribution in [3.05, 3.63) is 42.5 Å². The molecule has 3 heterocycles. The highest BCUT2D eigenvalue weighted by Gasteiger charge is 2.54. The number of anilines is 1. The Morgan fingerprint density at radius 1 is 1.32 bits per heavy atom. The molecule has 25 heavy (non-hydrogen) atoms. The van der Waals surface area contributed by atoms with Gasteiger partial charge in [-0.15, -0.1) is 6.58 Å². The van der Waals surface area contributed by atoms with E-state index in [0.717, 1.165) is 18.2 Å². The second-order valence-corrected chi connectivity index (χ2v) is 6.60. The largest absolute Gasteiger partial charge is 0.328 e. The highest BCUT2D eigenvalue weighted by atomic mass is 16.2. The maximum absolute atomic E-state index is 12.9. The van der Waals surface area contributed by atoms with Crippen molar-refractivity contribution in [2.45, 2.75) is 19.1 Å². The van der Waals surface area contributed by atoms with E-state index in [1.54, 1.807) is 18.0 Å². The van der Waals surface area contributed by atoms with E-state index < -0.39 is 12.2 Å². The van der Waals surface area contributed by atoms with Crippen molar-refractivity contribution in [2.75, 3.05) is 31.6 Å². The van der Waals surface area contributed by atoms with Crippen LogP contribution in [-0.2, 0) is 4.79 Å². The number of guanidine groups is 1. The summed E-state index contributed by atoms with van der Waals surface area (Å²) in [6, 6.07) is 7.45. The summed E-state index contributed by atoms with van der Waals surface area (Å²) in [6.07, 6.45) is 1.10. The Morgan fingerprint density at radius 2 is 2.12 bits per heavy atom. The minimum atomic E-state index is -0.469. The maximum atomic E-state index is 12.9. The number of benzene rings is 1. The molecule has 0 aromatic heterocycles. The Bertz CT molecular complexity index is 789. The third-order valence-electron chi connectivity index (χ3n) is 5.00. The van der Waals surface area contributed by atoms with Crippen LogP contribution in [0.25, 0.3) is 0 Å². The van der Waals surface area contributed by atoms with Crippen LogP contribution in [0.3, 0.4) is 0 Å². The zero-order chi connectivity index (χ0) is 17.7. The fraction of sp³-hybridized carbons (Fsp3) is 0.389. The fourth-order valence-electron chi connectivity index (χ4n) is 3.77. The number of carbonyl (C=O) groups is 2. The molecular formula is C18H21N5O2. The Labute approximate surface area is 146 Å². The Kier molecular flexibility index (Phi) is 3.52. The molecule has 2 unspecified atom stereocenters. The van der Waals surface area contributed by atoms with Gasteiger partial charge in [-0.2, -0.15) is 0 Å². The van der Waals surface area contributed by atoms with Crippen molar-refractivity contribution < 1.29 is 9.59 Å². The van der Waals surface area contributed by atoms with Crippen LogP contribution in [-0.4, -0.2) is 71.5 Å². The van der Waals surface area contributed by atoms with Crippen LogP contribution in [0.5, 0.6) is 0 Å². The lowest BCUT2D eigenvalue weighted by Gasteiger charge is -2.40. The van der Waals surface area contributed by atoms with Crippen molar-refractivity contribution in [1.82, 2.24) is 14.7 Å². The van der Waals surface area contributed by atoms with Crippen molar-refractivity contribution >= 4 is 23.6 Å². The molecular weight excluding hydrogens is 318 g/mol. The maximum Gasteiger partial charge on any atom is 0.328 e. The summed E-state index contributed by atoms with van der Waals surface area (Å²) < 4.78 is 0. The van der Waals surface area contributed by atoms with Crippen LogP contribution in [0.4, 0.5) is 10.5 Å². The van der Waals surface area contributed by atoms with Gasteiger partial charge in [-0.25, -0.2) is 9.79 Å². The van der Waals surface area contributed by atoms with Crippen molar-refractivity contribution in [2.24, 2.45) is 4.99 Å². The zero-order valence-electron chi connectivity index (χ0n) is 14.4. The van der Waals surface area contributed by atoms with Gasteiger partial charge in [0.25, 0.3) is 5.91 Å². The van der Waals surface area contributed by atoms with E-state index in [4.69, 9.17) is 4.99 Å². The molecule has 3 aliphatic rings. The number of imide groups is 1. The molecule has 0 bridgehead atoms. The smallest absolute Gasteiger partial charge is 0.325 e. The number of nitrogens with zero attached hydrogens (tertiary/aromatic N) is 5. The monoisotopic (exact) mass is 339 g/mol. The van der Waals surface area contributed by atoms with Crippen LogP contribution in [0.15, 0.2) is 41.9 Å². The van der Waals surface area contributed by atoms with Gasteiger partial charge in [0, 0.05) is 32.4 Å². The number of amides is 3. The van der Waals surface area contributed by atoms with Gasteiger partial charge < -0.3 is 14.7 Å². The molecule has 0 aliphatic carbocycles. The summed E-state index contributed by atoms with van der Waals surface area (Å²) in [4.78, 5) is 37.0. The molecule has 0 saturated carbocycles. The zero-order valence-corrected chi connectivity index (χ0v) is 14.4. The minimum absolute atomic E-state index is 0.196. The molecule has 130 valence electrons. The van der Waals surface area contributed by atoms with Gasteiger partial charge in [0.15, 0.2) is 12.2 Å². The van der Waals surface area contributed by atoms with E-state index in [-0.39, 0.29) is 18.5 Å². The van der Waals surface area contributed by atoms with E-state index >= 15 is 0 Å². The third-order valence-corrected chi connectivity index (χ3v) is 5.00. The van der Waals surface area contributed by atoms with Crippen LogP contribution in [0, 0.1) is 6.92 Å². The summed E-state index contributed by atoms with van der Waals surface area (Å²) in [5, 5.41) is 0. The molecule has 2 fully saturated rings. The quantitative estimate of drug-likeness (QED) is 0.778. The van der Waals surface area contributed by atoms with Crippen molar-refractivity contribution in [3.63, 3.8) is 0 Å². The summed E-state index contributed by atoms with van der Waals surface area (Å²) in [5.74, 6) is 0.576. The normalized spacial score (nSPS) is 25.3. The molecule has 7 heteroatoms. The molecule has 7 nitrogen and oxygen atoms in total. The average molecular weight is 339 g/mol. The van der Waals surface area contributed by atoms with Gasteiger partial charge in [-0.3, -0.25) is 9.69 Å². The number of rotatable bonds is 3. The molecule has 2 atom stereocenters. The Morgan fingerprint density at radius 3 is 2.84 bits per heavy atom. The van der Waals surface area contributed by atoms with Crippen molar-refractivity contribution in [1.29, 1.82) is 0 Å². The lowest BCUT2D eigenvalue weighted by Crippen LogP contribution is -2.64. The van der Waals surface area contributed by atoms with E-state index in [1.165, 1.54) is 10.5 Å². The first-order valence-corrected chi connectivity index (χ1v) is 8.40. The molecule has 1 aromatic carbocycles. The molecule has 0 spiro atoms. The lowest BCUT2D eigenvalue weighted by atomic mass is 10.1. The van der Waals surface area contributed by atoms with E-state index in [9.17, 15) is 9.59 Å². The summed E-state index contributed by atoms with van der Waals surface area (Å²) in [7, 11) is 1.70. The molecule has 1 aromatic rings. The molecule has 3 aliphatic heterocycles. The second kappa shape index (κ2) is 5.61. The summed E-state index contributed by atoms with van der Waals surface area (Å²) in [5.41, 5.74) is 2.23. The van der Waals surface area contributed by atoms with Gasteiger partial charge in [0.2, 0.25) is 5.96 Å². The van der Waals surface area contributed by atoms with Crippen molar-refractivity contribution in [3.8, 4) is 0 Å². The highest BCUT2D eigenvalue weighted by Crippen LogP contribution is 2.33. The predicted octanol–water partition coefficient (Wildman–Crippen LogP) is 1.26. The number of likely N-dealkylation sites (N-methyl/N-ethyl adjacent to an activating group) is 1. The van der Waals surface area contributed by atoms with Gasteiger partial charge >= 0.3 is 6.03 Å². The van der Waals surface area contributed by atoms with Crippen LogP contribution in [0.1, 0.15) is 5.56 Å². The fourth-order valence-corrected chi connectivity index (χ4v) is 3.77. The number of carbonyl (C=O) groups excluding carboxylic acids is 2.